The third-order valence-electron chi connectivity index (χ3n) is 3.95. The Hall–Kier alpha value is -1.35. The number of rotatable bonds is 6. The van der Waals surface area contributed by atoms with E-state index in [4.69, 9.17) is 23.2 Å². The normalized spacial score (nSPS) is 18.0. The van der Waals surface area contributed by atoms with Gasteiger partial charge in [-0.3, -0.25) is 9.59 Å². The van der Waals surface area contributed by atoms with Crippen molar-refractivity contribution >= 4 is 45.2 Å². The van der Waals surface area contributed by atoms with Gasteiger partial charge in [0.15, 0.2) is 0 Å². The Bertz CT molecular complexity index is 783. The van der Waals surface area contributed by atoms with Crippen molar-refractivity contribution in [3.8, 4) is 0 Å². The Kier molecular flexibility index (Phi) is 6.31. The number of hydrogen-bond acceptors (Lipinski definition) is 4. The van der Waals surface area contributed by atoms with Crippen molar-refractivity contribution in [1.82, 2.24) is 13.9 Å². The molecule has 1 atom stereocenters. The first kappa shape index (κ1) is 20.0. The van der Waals surface area contributed by atoms with Gasteiger partial charge < -0.3 is 4.90 Å². The van der Waals surface area contributed by atoms with E-state index in [0.717, 1.165) is 4.31 Å². The number of hydrogen-bond donors (Lipinski definition) is 1. The molecule has 0 bridgehead atoms. The first-order valence-electron chi connectivity index (χ1n) is 7.56. The summed E-state index contributed by atoms with van der Waals surface area (Å²) in [5.41, 5.74) is 0.715. The predicted molar refractivity (Wildman–Crippen MR) is 95.4 cm³/mol. The molecule has 0 radical (unpaired) electrons. The molecule has 25 heavy (non-hydrogen) atoms. The van der Waals surface area contributed by atoms with Gasteiger partial charge >= 0.3 is 10.2 Å². The SMILES string of the molecule is CN(C)S(=O)(=O)NC(=O)CC1CCC(=O)N1Cc1ccc(Cl)cc1Cl. The number of nitrogens with one attached hydrogen (secondary N) is 1. The van der Waals surface area contributed by atoms with Crippen LogP contribution in [0.15, 0.2) is 18.2 Å². The minimum absolute atomic E-state index is 0.0932. The number of carbonyl (C=O) groups excluding carboxylic acids is 2. The molecule has 0 spiro atoms. The Labute approximate surface area is 157 Å². The number of amides is 2. The highest BCUT2D eigenvalue weighted by atomic mass is 35.5. The number of carbonyl (C=O) groups is 2. The van der Waals surface area contributed by atoms with Crippen LogP contribution in [0, 0.1) is 0 Å². The van der Waals surface area contributed by atoms with Gasteiger partial charge in [-0.05, 0) is 24.1 Å². The van der Waals surface area contributed by atoms with E-state index in [0.29, 0.717) is 28.5 Å². The maximum Gasteiger partial charge on any atom is 0.303 e. The molecule has 7 nitrogen and oxygen atoms in total. The Morgan fingerprint density at radius 1 is 1.36 bits per heavy atom. The van der Waals surface area contributed by atoms with Crippen LogP contribution in [-0.4, -0.2) is 49.6 Å². The number of halogens is 2. The van der Waals surface area contributed by atoms with Crippen molar-refractivity contribution in [2.24, 2.45) is 0 Å². The topological polar surface area (TPSA) is 86.8 Å². The fraction of sp³-hybridized carbons (Fsp3) is 0.467. The van der Waals surface area contributed by atoms with Gasteiger partial charge in [0.1, 0.15) is 0 Å². The minimum atomic E-state index is -3.85. The Balaban J connectivity index is 2.07. The van der Waals surface area contributed by atoms with Gasteiger partial charge in [0.05, 0.1) is 0 Å². The Morgan fingerprint density at radius 3 is 2.64 bits per heavy atom. The molecule has 1 heterocycles. The van der Waals surface area contributed by atoms with Crippen molar-refractivity contribution in [3.63, 3.8) is 0 Å². The summed E-state index contributed by atoms with van der Waals surface area (Å²) in [5.74, 6) is -0.750. The highest BCUT2D eigenvalue weighted by Crippen LogP contribution is 2.28. The molecule has 1 aromatic rings. The molecule has 1 saturated heterocycles. The molecule has 1 aliphatic rings. The molecule has 0 aromatic heterocycles. The molecule has 1 N–H and O–H groups in total. The molecule has 10 heteroatoms. The molecule has 138 valence electrons. The monoisotopic (exact) mass is 407 g/mol. The highest BCUT2D eigenvalue weighted by Gasteiger charge is 2.33. The van der Waals surface area contributed by atoms with E-state index in [1.807, 2.05) is 4.72 Å². The van der Waals surface area contributed by atoms with Crippen LogP contribution in [-0.2, 0) is 26.3 Å². The standard InChI is InChI=1S/C15H19Cl2N3O4S/c1-19(2)25(23,24)18-14(21)8-12-5-6-15(22)20(12)9-10-3-4-11(16)7-13(10)17/h3-4,7,12H,5-6,8-9H2,1-2H3,(H,18,21). The Morgan fingerprint density at radius 2 is 2.04 bits per heavy atom. The molecule has 0 saturated carbocycles. The molecule has 1 unspecified atom stereocenters. The lowest BCUT2D eigenvalue weighted by Gasteiger charge is -2.25. The second-order valence-electron chi connectivity index (χ2n) is 5.97. The zero-order valence-electron chi connectivity index (χ0n) is 13.8. The van der Waals surface area contributed by atoms with Crippen LogP contribution in [0.25, 0.3) is 0 Å². The van der Waals surface area contributed by atoms with Crippen molar-refractivity contribution in [2.75, 3.05) is 14.1 Å². The van der Waals surface area contributed by atoms with Gasteiger partial charge in [0.2, 0.25) is 11.8 Å². The summed E-state index contributed by atoms with van der Waals surface area (Å²) in [7, 11) is -1.20. The lowest BCUT2D eigenvalue weighted by molar-refractivity contribution is -0.130. The van der Waals surface area contributed by atoms with Gasteiger partial charge in [-0.25, -0.2) is 4.72 Å². The van der Waals surface area contributed by atoms with E-state index in [1.54, 1.807) is 23.1 Å². The highest BCUT2D eigenvalue weighted by molar-refractivity contribution is 7.87. The van der Waals surface area contributed by atoms with Crippen LogP contribution < -0.4 is 4.72 Å². The van der Waals surface area contributed by atoms with Crippen LogP contribution >= 0.6 is 23.2 Å². The number of nitrogens with zero attached hydrogens (tertiary/aromatic N) is 2. The van der Waals surface area contributed by atoms with E-state index in [2.05, 4.69) is 0 Å². The first-order chi connectivity index (χ1) is 11.6. The van der Waals surface area contributed by atoms with Crippen LogP contribution in [0.1, 0.15) is 24.8 Å². The molecular formula is C15H19Cl2N3O4S. The van der Waals surface area contributed by atoms with Crippen molar-refractivity contribution in [1.29, 1.82) is 0 Å². The smallest absolute Gasteiger partial charge is 0.303 e. The number of likely N-dealkylation sites (tertiary alicyclic amines) is 1. The molecule has 2 rings (SSSR count). The van der Waals surface area contributed by atoms with E-state index in [1.165, 1.54) is 14.1 Å². The van der Waals surface area contributed by atoms with E-state index in [-0.39, 0.29) is 24.9 Å². The zero-order valence-corrected chi connectivity index (χ0v) is 16.2. The van der Waals surface area contributed by atoms with Crippen molar-refractivity contribution in [3.05, 3.63) is 33.8 Å². The van der Waals surface area contributed by atoms with Gasteiger partial charge in [-0.15, -0.1) is 0 Å². The molecule has 0 aliphatic carbocycles. The molecule has 1 fully saturated rings. The minimum Gasteiger partial charge on any atom is -0.335 e. The van der Waals surface area contributed by atoms with Gasteiger partial charge in [-0.2, -0.15) is 12.7 Å². The van der Waals surface area contributed by atoms with Crippen molar-refractivity contribution in [2.45, 2.75) is 31.8 Å². The van der Waals surface area contributed by atoms with E-state index in [9.17, 15) is 18.0 Å². The average Bonchev–Trinajstić information content (AvgIpc) is 2.82. The third kappa shape index (κ3) is 5.07. The lowest BCUT2D eigenvalue weighted by atomic mass is 10.1. The predicted octanol–water partition coefficient (Wildman–Crippen LogP) is 1.80. The summed E-state index contributed by atoms with van der Waals surface area (Å²) in [6.07, 6.45) is 0.701. The van der Waals surface area contributed by atoms with Crippen LogP contribution in [0.4, 0.5) is 0 Å². The van der Waals surface area contributed by atoms with E-state index < -0.39 is 16.1 Å². The molecular weight excluding hydrogens is 389 g/mol. The quantitative estimate of drug-likeness (QED) is 0.778. The summed E-state index contributed by atoms with van der Waals surface area (Å²) in [5, 5.41) is 0.928. The summed E-state index contributed by atoms with van der Waals surface area (Å²) in [6, 6.07) is 4.61. The van der Waals surface area contributed by atoms with Gasteiger partial charge in [0, 0.05) is 49.6 Å². The fourth-order valence-corrected chi connectivity index (χ4v) is 3.57. The second kappa shape index (κ2) is 7.90. The summed E-state index contributed by atoms with van der Waals surface area (Å²) >= 11 is 12.0. The number of benzene rings is 1. The summed E-state index contributed by atoms with van der Waals surface area (Å²) in [4.78, 5) is 25.7. The van der Waals surface area contributed by atoms with Gasteiger partial charge in [0.25, 0.3) is 0 Å². The molecule has 2 amide bonds. The molecule has 1 aromatic carbocycles. The second-order valence-corrected chi connectivity index (χ2v) is 8.69. The largest absolute Gasteiger partial charge is 0.335 e. The van der Waals surface area contributed by atoms with E-state index >= 15 is 0 Å². The fourth-order valence-electron chi connectivity index (χ4n) is 2.55. The lowest BCUT2D eigenvalue weighted by Crippen LogP contribution is -2.42. The summed E-state index contributed by atoms with van der Waals surface area (Å²) in [6.45, 7) is 0.243. The van der Waals surface area contributed by atoms with Crippen LogP contribution in [0.5, 0.6) is 0 Å². The van der Waals surface area contributed by atoms with Crippen molar-refractivity contribution < 1.29 is 18.0 Å². The van der Waals surface area contributed by atoms with Crippen LogP contribution in [0.2, 0.25) is 10.0 Å². The van der Waals surface area contributed by atoms with Gasteiger partial charge in [-0.1, -0.05) is 29.3 Å². The third-order valence-corrected chi connectivity index (χ3v) is 5.99. The average molecular weight is 408 g/mol. The summed E-state index contributed by atoms with van der Waals surface area (Å²) < 4.78 is 26.3. The maximum atomic E-state index is 12.1. The van der Waals surface area contributed by atoms with Crippen LogP contribution in [0.3, 0.4) is 0 Å². The first-order valence-corrected chi connectivity index (χ1v) is 9.76. The zero-order chi connectivity index (χ0) is 18.8. The maximum absolute atomic E-state index is 12.1. The molecule has 1 aliphatic heterocycles.